The minimum atomic E-state index is -1.12. The number of rotatable bonds is 7. The van der Waals surface area contributed by atoms with Crippen LogP contribution in [0.3, 0.4) is 0 Å². The molecule has 5 unspecified atom stereocenters. The fourth-order valence-corrected chi connectivity index (χ4v) is 7.03. The van der Waals surface area contributed by atoms with E-state index in [9.17, 15) is 35.1 Å². The highest BCUT2D eigenvalue weighted by Crippen LogP contribution is 2.80. The molecule has 0 aromatic rings. The van der Waals surface area contributed by atoms with Crippen LogP contribution in [0.2, 0.25) is 0 Å². The Morgan fingerprint density at radius 3 is 2.07 bits per heavy atom. The van der Waals surface area contributed by atoms with E-state index in [-0.39, 0.29) is 35.5 Å². The van der Waals surface area contributed by atoms with Crippen LogP contribution in [0, 0.1) is 34.0 Å². The molecule has 0 aliphatic heterocycles. The minimum Gasteiger partial charge on any atom is -0.478 e. The Balaban J connectivity index is 2.35. The van der Waals surface area contributed by atoms with Gasteiger partial charge in [-0.25, -0.2) is 9.59 Å². The summed E-state index contributed by atoms with van der Waals surface area (Å²) in [5.41, 5.74) is -2.41. The standard InChI is InChI=1S/C21H30O7/c1-12(17(25)26)6-19-4-3-14(8-19)16-5-15(9-22)20(10-23,11-24)21(16,19)7-13(2)18(27)28/h6-7,14-16,22-24H,3-5,8-11H2,1-2H3,(H,25,26)(H,27,28). The predicted molar refractivity (Wildman–Crippen MR) is 100 cm³/mol. The lowest BCUT2D eigenvalue weighted by atomic mass is 9.48. The van der Waals surface area contributed by atoms with Crippen LogP contribution < -0.4 is 0 Å². The van der Waals surface area contributed by atoms with E-state index < -0.39 is 41.4 Å². The highest BCUT2D eigenvalue weighted by molar-refractivity contribution is 5.87. The van der Waals surface area contributed by atoms with Crippen LogP contribution in [-0.2, 0) is 9.59 Å². The van der Waals surface area contributed by atoms with Crippen molar-refractivity contribution in [1.29, 1.82) is 0 Å². The first kappa shape index (κ1) is 21.0. The van der Waals surface area contributed by atoms with E-state index in [4.69, 9.17) is 0 Å². The summed E-state index contributed by atoms with van der Waals surface area (Å²) in [5, 5.41) is 50.1. The second-order valence-electron chi connectivity index (χ2n) is 8.99. The van der Waals surface area contributed by atoms with Crippen molar-refractivity contribution >= 4 is 11.9 Å². The molecule has 0 aromatic heterocycles. The number of aliphatic hydroxyl groups is 3. The van der Waals surface area contributed by atoms with Gasteiger partial charge in [0.25, 0.3) is 0 Å². The highest BCUT2D eigenvalue weighted by atomic mass is 16.4. The summed E-state index contributed by atoms with van der Waals surface area (Å²) in [6, 6.07) is 0. The Morgan fingerprint density at radius 2 is 1.57 bits per heavy atom. The molecule has 0 spiro atoms. The summed E-state index contributed by atoms with van der Waals surface area (Å²) in [6.45, 7) is 2.00. The molecule has 3 fully saturated rings. The van der Waals surface area contributed by atoms with Crippen LogP contribution in [-0.4, -0.2) is 57.3 Å². The molecule has 0 aromatic carbocycles. The lowest BCUT2D eigenvalue weighted by molar-refractivity contribution is -0.134. The summed E-state index contributed by atoms with van der Waals surface area (Å²) < 4.78 is 0. The van der Waals surface area contributed by atoms with Crippen LogP contribution in [0.1, 0.15) is 39.5 Å². The zero-order chi connectivity index (χ0) is 20.9. The first-order chi connectivity index (χ1) is 13.1. The van der Waals surface area contributed by atoms with Gasteiger partial charge in [0.15, 0.2) is 0 Å². The second kappa shape index (κ2) is 6.97. The van der Waals surface area contributed by atoms with Crippen LogP contribution in [0.15, 0.2) is 23.3 Å². The summed E-state index contributed by atoms with van der Waals surface area (Å²) in [7, 11) is 0. The molecule has 2 bridgehead atoms. The molecule has 0 saturated heterocycles. The Kier molecular flexibility index (Phi) is 5.23. The number of aliphatic hydroxyl groups excluding tert-OH is 3. The first-order valence-corrected chi connectivity index (χ1v) is 9.82. The maximum Gasteiger partial charge on any atom is 0.330 e. The van der Waals surface area contributed by atoms with Crippen molar-refractivity contribution in [1.82, 2.24) is 0 Å². The Hall–Kier alpha value is -1.70. The zero-order valence-corrected chi connectivity index (χ0v) is 16.4. The Bertz CT molecular complexity index is 735. The highest BCUT2D eigenvalue weighted by Gasteiger charge is 2.76. The molecule has 3 aliphatic carbocycles. The molecule has 0 radical (unpaired) electrons. The third kappa shape index (κ3) is 2.46. The monoisotopic (exact) mass is 394 g/mol. The minimum absolute atomic E-state index is 0.0233. The van der Waals surface area contributed by atoms with E-state index in [0.717, 1.165) is 6.42 Å². The van der Waals surface area contributed by atoms with Crippen molar-refractivity contribution in [2.24, 2.45) is 34.0 Å². The average Bonchev–Trinajstić information content (AvgIpc) is 3.26. The number of carboxylic acid groups (broad SMARTS) is 2. The molecule has 5 atom stereocenters. The van der Waals surface area contributed by atoms with Crippen LogP contribution in [0.5, 0.6) is 0 Å². The van der Waals surface area contributed by atoms with Crippen molar-refractivity contribution in [3.05, 3.63) is 23.3 Å². The summed E-state index contributed by atoms with van der Waals surface area (Å²) in [5.74, 6) is -2.29. The van der Waals surface area contributed by atoms with E-state index in [0.29, 0.717) is 19.3 Å². The van der Waals surface area contributed by atoms with Gasteiger partial charge in [0.05, 0.1) is 13.2 Å². The third-order valence-corrected chi connectivity index (χ3v) is 8.11. The Labute approximate surface area is 164 Å². The van der Waals surface area contributed by atoms with Crippen molar-refractivity contribution in [3.63, 3.8) is 0 Å². The maximum atomic E-state index is 11.7. The normalized spacial score (nSPS) is 39.2. The molecule has 156 valence electrons. The fraction of sp³-hybridized carbons (Fsp3) is 0.714. The quantitative estimate of drug-likeness (QED) is 0.412. The third-order valence-electron chi connectivity index (χ3n) is 8.11. The van der Waals surface area contributed by atoms with Gasteiger partial charge in [0.2, 0.25) is 0 Å². The Morgan fingerprint density at radius 1 is 1.00 bits per heavy atom. The molecule has 3 rings (SSSR count). The number of aliphatic carboxylic acids is 2. The largest absolute Gasteiger partial charge is 0.478 e. The van der Waals surface area contributed by atoms with E-state index >= 15 is 0 Å². The fourth-order valence-electron chi connectivity index (χ4n) is 7.03. The van der Waals surface area contributed by atoms with Gasteiger partial charge in [0, 0.05) is 28.6 Å². The summed E-state index contributed by atoms with van der Waals surface area (Å²) in [4.78, 5) is 23.3. The zero-order valence-electron chi connectivity index (χ0n) is 16.4. The van der Waals surface area contributed by atoms with Gasteiger partial charge in [0.1, 0.15) is 0 Å². The van der Waals surface area contributed by atoms with Crippen LogP contribution in [0.4, 0.5) is 0 Å². The molecule has 3 saturated carbocycles. The predicted octanol–water partition coefficient (Wildman–Crippen LogP) is 1.43. The van der Waals surface area contributed by atoms with Gasteiger partial charge < -0.3 is 25.5 Å². The lowest BCUT2D eigenvalue weighted by Gasteiger charge is -2.55. The number of carboxylic acids is 2. The van der Waals surface area contributed by atoms with Crippen molar-refractivity contribution in [3.8, 4) is 0 Å². The second-order valence-corrected chi connectivity index (χ2v) is 8.99. The molecule has 5 N–H and O–H groups in total. The van der Waals surface area contributed by atoms with Crippen molar-refractivity contribution in [2.75, 3.05) is 19.8 Å². The molecule has 7 heteroatoms. The number of hydrogen-bond donors (Lipinski definition) is 5. The molecule has 0 heterocycles. The lowest BCUT2D eigenvalue weighted by Crippen LogP contribution is -2.56. The van der Waals surface area contributed by atoms with E-state index in [1.54, 1.807) is 12.2 Å². The van der Waals surface area contributed by atoms with Crippen molar-refractivity contribution < 1.29 is 35.1 Å². The first-order valence-electron chi connectivity index (χ1n) is 9.82. The number of hydrogen-bond acceptors (Lipinski definition) is 5. The smallest absolute Gasteiger partial charge is 0.330 e. The van der Waals surface area contributed by atoms with E-state index in [2.05, 4.69) is 0 Å². The van der Waals surface area contributed by atoms with Gasteiger partial charge in [-0.3, -0.25) is 0 Å². The van der Waals surface area contributed by atoms with E-state index in [1.807, 2.05) is 0 Å². The molecular weight excluding hydrogens is 364 g/mol. The van der Waals surface area contributed by atoms with Crippen molar-refractivity contribution in [2.45, 2.75) is 39.5 Å². The van der Waals surface area contributed by atoms with Gasteiger partial charge in [-0.1, -0.05) is 12.2 Å². The number of fused-ring (bicyclic) bond motifs is 5. The maximum absolute atomic E-state index is 11.7. The van der Waals surface area contributed by atoms with Gasteiger partial charge in [-0.05, 0) is 62.7 Å². The molecule has 0 amide bonds. The molecule has 28 heavy (non-hydrogen) atoms. The van der Waals surface area contributed by atoms with Crippen LogP contribution in [0.25, 0.3) is 0 Å². The topological polar surface area (TPSA) is 135 Å². The van der Waals surface area contributed by atoms with Gasteiger partial charge in [-0.2, -0.15) is 0 Å². The average molecular weight is 394 g/mol. The van der Waals surface area contributed by atoms with E-state index in [1.165, 1.54) is 13.8 Å². The number of carbonyl (C=O) groups is 2. The molecule has 7 nitrogen and oxygen atoms in total. The SMILES string of the molecule is CC(=CC12CCC(C1)C1CC(CO)C(CO)(CO)C12C=C(C)C(=O)O)C(=O)O. The number of allylic oxidation sites excluding steroid dienone is 2. The van der Waals surface area contributed by atoms with Gasteiger partial charge in [-0.15, -0.1) is 0 Å². The van der Waals surface area contributed by atoms with Gasteiger partial charge >= 0.3 is 11.9 Å². The molecule has 3 aliphatic rings. The summed E-state index contributed by atoms with van der Waals surface area (Å²) >= 11 is 0. The summed E-state index contributed by atoms with van der Waals surface area (Å²) in [6.07, 6.45) is 6.25. The molecular formula is C21H30O7. The van der Waals surface area contributed by atoms with Crippen LogP contribution >= 0.6 is 0 Å².